The molecular weight excluding hydrogens is 474 g/mol. The van der Waals surface area contributed by atoms with Crippen molar-refractivity contribution in [1.82, 2.24) is 9.88 Å². The number of rotatable bonds is 8. The molecule has 0 saturated carbocycles. The molecule has 0 unspecified atom stereocenters. The van der Waals surface area contributed by atoms with Gasteiger partial charge in [-0.15, -0.1) is 0 Å². The van der Waals surface area contributed by atoms with E-state index in [1.165, 1.54) is 24.4 Å². The molecule has 0 spiro atoms. The Morgan fingerprint density at radius 2 is 1.77 bits per heavy atom. The fourth-order valence-electron chi connectivity index (χ4n) is 4.78. The Morgan fingerprint density at radius 1 is 1.09 bits per heavy atom. The van der Waals surface area contributed by atoms with Gasteiger partial charge in [0.05, 0.1) is 5.56 Å². The van der Waals surface area contributed by atoms with Gasteiger partial charge in [-0.1, -0.05) is 38.0 Å². The van der Waals surface area contributed by atoms with Crippen LogP contribution in [0.5, 0.6) is 0 Å². The summed E-state index contributed by atoms with van der Waals surface area (Å²) < 4.78 is 78.3. The molecule has 1 aliphatic rings. The highest BCUT2D eigenvalue weighted by Gasteiger charge is 2.37. The van der Waals surface area contributed by atoms with Crippen LogP contribution < -0.4 is 0 Å². The van der Waals surface area contributed by atoms with E-state index >= 15 is 0 Å². The van der Waals surface area contributed by atoms with Gasteiger partial charge in [-0.25, -0.2) is 0 Å². The normalized spacial score (nSPS) is 20.5. The molecule has 3 rings (SSSR count). The first-order chi connectivity index (χ1) is 16.4. The lowest BCUT2D eigenvalue weighted by atomic mass is 9.83. The summed E-state index contributed by atoms with van der Waals surface area (Å²) in [7, 11) is 0. The number of alkyl halides is 6. The van der Waals surface area contributed by atoms with Gasteiger partial charge in [-0.2, -0.15) is 26.3 Å². The zero-order valence-corrected chi connectivity index (χ0v) is 19.2. The van der Waals surface area contributed by atoms with Crippen LogP contribution in [0.15, 0.2) is 42.6 Å². The van der Waals surface area contributed by atoms with Gasteiger partial charge in [0, 0.05) is 24.7 Å². The van der Waals surface area contributed by atoms with Crippen molar-refractivity contribution in [1.29, 1.82) is 0 Å². The number of hydrogen-bond donors (Lipinski definition) is 1. The lowest BCUT2D eigenvalue weighted by molar-refractivity contribution is -0.141. The summed E-state index contributed by atoms with van der Waals surface area (Å²) in [6, 6.07) is 6.51. The summed E-state index contributed by atoms with van der Waals surface area (Å²) in [5.41, 5.74) is -0.551. The Bertz CT molecular complexity index is 973. The lowest BCUT2D eigenvalue weighted by Crippen LogP contribution is -2.40. The molecule has 3 atom stereocenters. The Morgan fingerprint density at radius 3 is 2.29 bits per heavy atom. The monoisotopic (exact) mass is 502 g/mol. The van der Waals surface area contributed by atoms with Crippen LogP contribution in [0.25, 0.3) is 0 Å². The number of aliphatic carboxylic acids is 1. The highest BCUT2D eigenvalue weighted by molar-refractivity contribution is 5.67. The van der Waals surface area contributed by atoms with Gasteiger partial charge < -0.3 is 5.11 Å². The van der Waals surface area contributed by atoms with E-state index in [1.54, 1.807) is 0 Å². The number of pyridine rings is 1. The Kier molecular flexibility index (Phi) is 8.46. The minimum atomic E-state index is -4.56. The zero-order valence-electron chi connectivity index (χ0n) is 19.2. The first-order valence-electron chi connectivity index (χ1n) is 11.6. The van der Waals surface area contributed by atoms with Gasteiger partial charge in [-0.05, 0) is 61.1 Å². The summed E-state index contributed by atoms with van der Waals surface area (Å²) in [5.74, 6) is -1.10. The number of unbranched alkanes of at least 4 members (excludes halogenated alkanes) is 1. The Balaban J connectivity index is 1.97. The average Bonchev–Trinajstić information content (AvgIpc) is 2.79. The summed E-state index contributed by atoms with van der Waals surface area (Å²) in [6.07, 6.45) is -4.60. The molecule has 1 aromatic carbocycles. The van der Waals surface area contributed by atoms with Crippen LogP contribution >= 0.6 is 0 Å². The van der Waals surface area contributed by atoms with E-state index in [-0.39, 0.29) is 24.4 Å². The van der Waals surface area contributed by atoms with Crippen LogP contribution in [-0.4, -0.2) is 27.5 Å². The molecule has 10 heteroatoms. The number of piperidine rings is 1. The molecule has 1 fully saturated rings. The molecule has 2 aromatic rings. The third kappa shape index (κ3) is 6.96. The lowest BCUT2D eigenvalue weighted by Gasteiger charge is -2.44. The quantitative estimate of drug-likeness (QED) is 0.386. The van der Waals surface area contributed by atoms with Crippen molar-refractivity contribution in [3.63, 3.8) is 0 Å². The number of hydrogen-bond acceptors (Lipinski definition) is 3. The predicted octanol–water partition coefficient (Wildman–Crippen LogP) is 7.28. The van der Waals surface area contributed by atoms with Gasteiger partial charge in [0.1, 0.15) is 5.69 Å². The summed E-state index contributed by atoms with van der Waals surface area (Å²) >= 11 is 0. The number of carbonyl (C=O) groups is 1. The third-order valence-electron chi connectivity index (χ3n) is 6.53. The second-order valence-electron chi connectivity index (χ2n) is 8.99. The van der Waals surface area contributed by atoms with Crippen molar-refractivity contribution in [2.24, 2.45) is 5.92 Å². The Hall–Kier alpha value is -2.62. The first-order valence-corrected chi connectivity index (χ1v) is 11.6. The number of nitrogens with zero attached hydrogens (tertiary/aromatic N) is 2. The molecule has 0 bridgehead atoms. The van der Waals surface area contributed by atoms with Crippen molar-refractivity contribution in [3.8, 4) is 0 Å². The summed E-state index contributed by atoms with van der Waals surface area (Å²) in [4.78, 5) is 17.0. The van der Waals surface area contributed by atoms with E-state index in [9.17, 15) is 36.2 Å². The highest BCUT2D eigenvalue weighted by Crippen LogP contribution is 2.43. The van der Waals surface area contributed by atoms with Crippen LogP contribution in [0.1, 0.15) is 79.9 Å². The Labute approximate surface area is 200 Å². The van der Waals surface area contributed by atoms with Crippen molar-refractivity contribution in [3.05, 3.63) is 65.0 Å². The van der Waals surface area contributed by atoms with Gasteiger partial charge >= 0.3 is 18.3 Å². The number of benzene rings is 1. The van der Waals surface area contributed by atoms with Gasteiger partial charge in [-0.3, -0.25) is 14.7 Å². The molecule has 4 nitrogen and oxygen atoms in total. The number of likely N-dealkylation sites (tertiary alicyclic amines) is 1. The second kappa shape index (κ2) is 11.0. The molecule has 1 saturated heterocycles. The van der Waals surface area contributed by atoms with Crippen molar-refractivity contribution in [2.45, 2.75) is 69.9 Å². The largest absolute Gasteiger partial charge is 0.481 e. The first kappa shape index (κ1) is 27.0. The minimum Gasteiger partial charge on any atom is -0.481 e. The third-order valence-corrected chi connectivity index (χ3v) is 6.53. The molecule has 1 aromatic heterocycles. The maximum Gasteiger partial charge on any atom is 0.433 e. The van der Waals surface area contributed by atoms with Crippen LogP contribution in [0.4, 0.5) is 26.3 Å². The minimum absolute atomic E-state index is 0.0492. The maximum absolute atomic E-state index is 13.1. The van der Waals surface area contributed by atoms with Crippen molar-refractivity contribution < 1.29 is 36.2 Å². The molecule has 1 N–H and O–H groups in total. The van der Waals surface area contributed by atoms with Gasteiger partial charge in [0.2, 0.25) is 0 Å². The number of aromatic nitrogens is 1. The number of halogens is 6. The molecule has 1 aliphatic heterocycles. The number of carboxylic acids is 1. The molecule has 2 heterocycles. The SMILES string of the molecule is CCCC[C@H](c1ccc(C(F)(F)F)nc1)N1CC[C@@H](CC(=O)O)C[C@H]1c1ccc(C(F)(F)F)cc1. The maximum atomic E-state index is 13.1. The fourth-order valence-corrected chi connectivity index (χ4v) is 4.78. The molecular formula is C25H28F6N2O2. The molecule has 0 aliphatic carbocycles. The zero-order chi connectivity index (χ0) is 25.8. The summed E-state index contributed by atoms with van der Waals surface area (Å²) in [5, 5.41) is 9.27. The van der Waals surface area contributed by atoms with Gasteiger partial charge in [0.15, 0.2) is 0 Å². The fraction of sp³-hybridized carbons (Fsp3) is 0.520. The van der Waals surface area contributed by atoms with Crippen LogP contribution in [0.3, 0.4) is 0 Å². The van der Waals surface area contributed by atoms with Crippen LogP contribution in [0.2, 0.25) is 0 Å². The van der Waals surface area contributed by atoms with E-state index in [0.29, 0.717) is 36.9 Å². The summed E-state index contributed by atoms with van der Waals surface area (Å²) in [6.45, 7) is 2.47. The van der Waals surface area contributed by atoms with E-state index in [4.69, 9.17) is 0 Å². The van der Waals surface area contributed by atoms with Crippen LogP contribution in [-0.2, 0) is 17.1 Å². The van der Waals surface area contributed by atoms with E-state index in [0.717, 1.165) is 31.0 Å². The van der Waals surface area contributed by atoms with Gasteiger partial charge in [0.25, 0.3) is 0 Å². The highest BCUT2D eigenvalue weighted by atomic mass is 19.4. The van der Waals surface area contributed by atoms with E-state index < -0.39 is 29.6 Å². The smallest absolute Gasteiger partial charge is 0.433 e. The average molecular weight is 502 g/mol. The topological polar surface area (TPSA) is 53.4 Å². The van der Waals surface area contributed by atoms with E-state index in [1.807, 2.05) is 6.92 Å². The standard InChI is InChI=1S/C25H28F6N2O2/c1-2-3-4-20(18-7-10-22(32-15-18)25(29,30)31)33-12-11-16(14-23(34)35)13-21(33)17-5-8-19(9-6-17)24(26,27)28/h5-10,15-16,20-21H,2-4,11-14H2,1H3,(H,34,35)/t16-,20-,21+/m1/s1. The predicted molar refractivity (Wildman–Crippen MR) is 117 cm³/mol. The molecule has 192 valence electrons. The molecule has 0 amide bonds. The van der Waals surface area contributed by atoms with Crippen LogP contribution in [0, 0.1) is 5.92 Å². The molecule has 35 heavy (non-hydrogen) atoms. The number of carboxylic acid groups (broad SMARTS) is 1. The second-order valence-corrected chi connectivity index (χ2v) is 8.99. The van der Waals surface area contributed by atoms with E-state index in [2.05, 4.69) is 9.88 Å². The van der Waals surface area contributed by atoms with Crippen molar-refractivity contribution >= 4 is 5.97 Å². The van der Waals surface area contributed by atoms with Crippen molar-refractivity contribution in [2.75, 3.05) is 6.54 Å². The molecule has 0 radical (unpaired) electrons.